The summed E-state index contributed by atoms with van der Waals surface area (Å²) >= 11 is 0. The van der Waals surface area contributed by atoms with Crippen molar-refractivity contribution in [1.29, 1.82) is 0 Å². The summed E-state index contributed by atoms with van der Waals surface area (Å²) in [5, 5.41) is 2.74. The topological polar surface area (TPSA) is 62.3 Å². The molecule has 1 atom stereocenters. The van der Waals surface area contributed by atoms with E-state index in [9.17, 15) is 9.59 Å². The highest BCUT2D eigenvalue weighted by Crippen LogP contribution is 2.28. The van der Waals surface area contributed by atoms with Crippen LogP contribution in [0.5, 0.6) is 0 Å². The van der Waals surface area contributed by atoms with Crippen LogP contribution in [0.3, 0.4) is 0 Å². The Morgan fingerprint density at radius 2 is 1.82 bits per heavy atom. The number of benzene rings is 2. The molecule has 0 bridgehead atoms. The lowest BCUT2D eigenvalue weighted by molar-refractivity contribution is -0.114. The third-order valence-electron chi connectivity index (χ3n) is 6.10. The van der Waals surface area contributed by atoms with Crippen LogP contribution in [0.25, 0.3) is 0 Å². The van der Waals surface area contributed by atoms with Crippen molar-refractivity contribution in [2.75, 3.05) is 18.4 Å². The molecule has 1 fully saturated rings. The fourth-order valence-corrected chi connectivity index (χ4v) is 4.62. The van der Waals surface area contributed by atoms with Gasteiger partial charge in [-0.05, 0) is 80.6 Å². The first-order valence-electron chi connectivity index (χ1n) is 11.6. The molecule has 33 heavy (non-hydrogen) atoms. The minimum Gasteiger partial charge on any atom is -0.338 e. The number of amides is 2. The number of hydrogen-bond donors (Lipinski definition) is 1. The highest BCUT2D eigenvalue weighted by molar-refractivity contribution is 5.95. The normalized spacial score (nSPS) is 15.8. The van der Waals surface area contributed by atoms with Crippen LogP contribution in [-0.4, -0.2) is 34.8 Å². The number of aromatic nitrogens is 1. The van der Waals surface area contributed by atoms with Gasteiger partial charge in [-0.25, -0.2) is 0 Å². The molecule has 2 amide bonds. The molecule has 0 spiro atoms. The Labute approximate surface area is 195 Å². The smallest absolute Gasteiger partial charge is 0.253 e. The number of pyridine rings is 1. The maximum absolute atomic E-state index is 13.1. The molecule has 1 aliphatic rings. The molecule has 0 saturated carbocycles. The minimum absolute atomic E-state index is 0.0294. The molecular weight excluding hydrogens is 410 g/mol. The molecule has 0 aliphatic carbocycles. The summed E-state index contributed by atoms with van der Waals surface area (Å²) in [7, 11) is 0. The lowest BCUT2D eigenvalue weighted by Crippen LogP contribution is -2.39. The van der Waals surface area contributed by atoms with Gasteiger partial charge in [-0.1, -0.05) is 29.8 Å². The minimum atomic E-state index is -0.125. The average molecular weight is 442 g/mol. The number of carbonyl (C=O) groups excluding carboxylic acids is 2. The van der Waals surface area contributed by atoms with E-state index < -0.39 is 0 Å². The van der Waals surface area contributed by atoms with Crippen LogP contribution in [0.4, 0.5) is 5.69 Å². The fourth-order valence-electron chi connectivity index (χ4n) is 4.62. The first kappa shape index (κ1) is 22.7. The van der Waals surface area contributed by atoms with Crippen LogP contribution < -0.4 is 5.32 Å². The van der Waals surface area contributed by atoms with Gasteiger partial charge in [0.15, 0.2) is 0 Å². The van der Waals surface area contributed by atoms with E-state index in [1.54, 1.807) is 24.3 Å². The van der Waals surface area contributed by atoms with E-state index in [4.69, 9.17) is 4.98 Å². The molecule has 4 rings (SSSR count). The standard InChI is InChI=1S/C28H31N3O2/c1-19-6-4-7-22(14-19)16-23-15-20(2)29-27(17-23)25-8-5-13-31(18-25)28(33)24-9-11-26(12-10-24)30-21(3)32/h4,6-7,9-12,14-15,17,25H,5,8,13,16,18H2,1-3H3,(H,30,32). The summed E-state index contributed by atoms with van der Waals surface area (Å²) in [5.74, 6) is 0.139. The monoisotopic (exact) mass is 441 g/mol. The Morgan fingerprint density at radius 3 is 2.55 bits per heavy atom. The van der Waals surface area contributed by atoms with E-state index >= 15 is 0 Å². The Bertz CT molecular complexity index is 1150. The number of rotatable bonds is 5. The third-order valence-corrected chi connectivity index (χ3v) is 6.10. The zero-order chi connectivity index (χ0) is 23.4. The number of carbonyl (C=O) groups is 2. The summed E-state index contributed by atoms with van der Waals surface area (Å²) in [6.07, 6.45) is 2.88. The quantitative estimate of drug-likeness (QED) is 0.587. The zero-order valence-electron chi connectivity index (χ0n) is 19.6. The molecule has 2 aromatic carbocycles. The summed E-state index contributed by atoms with van der Waals surface area (Å²) < 4.78 is 0. The average Bonchev–Trinajstić information content (AvgIpc) is 2.78. The predicted molar refractivity (Wildman–Crippen MR) is 132 cm³/mol. The molecule has 0 radical (unpaired) electrons. The SMILES string of the molecule is CC(=O)Nc1ccc(C(=O)N2CCCC(c3cc(Cc4cccc(C)c4)cc(C)n3)C2)cc1. The molecule has 3 aromatic rings. The van der Waals surface area contributed by atoms with Crippen LogP contribution in [-0.2, 0) is 11.2 Å². The zero-order valence-corrected chi connectivity index (χ0v) is 19.6. The van der Waals surface area contributed by atoms with Gasteiger partial charge in [0.25, 0.3) is 5.91 Å². The molecule has 1 aliphatic heterocycles. The van der Waals surface area contributed by atoms with Gasteiger partial charge in [0.1, 0.15) is 0 Å². The molecular formula is C28H31N3O2. The molecule has 2 heterocycles. The number of nitrogens with zero attached hydrogens (tertiary/aromatic N) is 2. The molecule has 1 aromatic heterocycles. The second-order valence-corrected chi connectivity index (χ2v) is 9.06. The van der Waals surface area contributed by atoms with E-state index in [0.717, 1.165) is 37.2 Å². The van der Waals surface area contributed by atoms with E-state index in [-0.39, 0.29) is 17.7 Å². The van der Waals surface area contributed by atoms with Gasteiger partial charge in [0.05, 0.1) is 0 Å². The molecule has 5 nitrogen and oxygen atoms in total. The second-order valence-electron chi connectivity index (χ2n) is 9.06. The van der Waals surface area contributed by atoms with Gasteiger partial charge in [-0.15, -0.1) is 0 Å². The van der Waals surface area contributed by atoms with Crippen molar-refractivity contribution in [3.63, 3.8) is 0 Å². The second kappa shape index (κ2) is 9.99. The number of likely N-dealkylation sites (tertiary alicyclic amines) is 1. The largest absolute Gasteiger partial charge is 0.338 e. The lowest BCUT2D eigenvalue weighted by atomic mass is 9.92. The maximum Gasteiger partial charge on any atom is 0.253 e. The van der Waals surface area contributed by atoms with Crippen molar-refractivity contribution in [3.8, 4) is 0 Å². The Morgan fingerprint density at radius 1 is 1.03 bits per heavy atom. The van der Waals surface area contributed by atoms with Crippen LogP contribution in [0.15, 0.2) is 60.7 Å². The van der Waals surface area contributed by atoms with Gasteiger partial charge in [-0.3, -0.25) is 14.6 Å². The highest BCUT2D eigenvalue weighted by Gasteiger charge is 2.26. The first-order valence-corrected chi connectivity index (χ1v) is 11.6. The Hall–Kier alpha value is -3.47. The number of nitrogens with one attached hydrogen (secondary N) is 1. The van der Waals surface area contributed by atoms with Gasteiger partial charge in [-0.2, -0.15) is 0 Å². The number of anilines is 1. The molecule has 1 unspecified atom stereocenters. The van der Waals surface area contributed by atoms with E-state index in [1.165, 1.54) is 23.6 Å². The first-order chi connectivity index (χ1) is 15.9. The molecule has 1 saturated heterocycles. The van der Waals surface area contributed by atoms with E-state index in [0.29, 0.717) is 17.8 Å². The van der Waals surface area contributed by atoms with Gasteiger partial charge in [0, 0.05) is 48.6 Å². The molecule has 5 heteroatoms. The van der Waals surface area contributed by atoms with E-state index in [2.05, 4.69) is 48.6 Å². The lowest BCUT2D eigenvalue weighted by Gasteiger charge is -2.33. The number of piperidine rings is 1. The summed E-state index contributed by atoms with van der Waals surface area (Å²) in [6.45, 7) is 7.06. The summed E-state index contributed by atoms with van der Waals surface area (Å²) in [5.41, 5.74) is 7.27. The van der Waals surface area contributed by atoms with Crippen molar-refractivity contribution >= 4 is 17.5 Å². The third kappa shape index (κ3) is 5.86. The number of hydrogen-bond acceptors (Lipinski definition) is 3. The maximum atomic E-state index is 13.1. The number of aryl methyl sites for hydroxylation is 2. The van der Waals surface area contributed by atoms with Crippen LogP contribution in [0, 0.1) is 13.8 Å². The van der Waals surface area contributed by atoms with Crippen molar-refractivity contribution in [1.82, 2.24) is 9.88 Å². The summed E-state index contributed by atoms with van der Waals surface area (Å²) in [4.78, 5) is 31.1. The van der Waals surface area contributed by atoms with Crippen molar-refractivity contribution in [2.45, 2.75) is 46.0 Å². The molecule has 1 N–H and O–H groups in total. The van der Waals surface area contributed by atoms with Crippen molar-refractivity contribution in [3.05, 3.63) is 94.3 Å². The van der Waals surface area contributed by atoms with Crippen molar-refractivity contribution in [2.24, 2.45) is 0 Å². The van der Waals surface area contributed by atoms with E-state index in [1.807, 2.05) is 11.8 Å². The van der Waals surface area contributed by atoms with Crippen LogP contribution in [0.1, 0.15) is 64.1 Å². The summed E-state index contributed by atoms with van der Waals surface area (Å²) in [6, 6.07) is 20.1. The van der Waals surface area contributed by atoms with Gasteiger partial charge >= 0.3 is 0 Å². The fraction of sp³-hybridized carbons (Fsp3) is 0.321. The molecule has 170 valence electrons. The van der Waals surface area contributed by atoms with Gasteiger partial charge < -0.3 is 10.2 Å². The Kier molecular flexibility index (Phi) is 6.87. The highest BCUT2D eigenvalue weighted by atomic mass is 16.2. The Balaban J connectivity index is 1.48. The van der Waals surface area contributed by atoms with Crippen molar-refractivity contribution < 1.29 is 9.59 Å². The van der Waals surface area contributed by atoms with Crippen LogP contribution >= 0.6 is 0 Å². The van der Waals surface area contributed by atoms with Crippen LogP contribution in [0.2, 0.25) is 0 Å². The predicted octanol–water partition coefficient (Wildman–Crippen LogP) is 5.27. The van der Waals surface area contributed by atoms with Gasteiger partial charge in [0.2, 0.25) is 5.91 Å².